The van der Waals surface area contributed by atoms with Gasteiger partial charge >= 0.3 is 0 Å². The van der Waals surface area contributed by atoms with Crippen molar-refractivity contribution < 1.29 is 4.79 Å². The highest BCUT2D eigenvalue weighted by Crippen LogP contribution is 2.17. The lowest BCUT2D eigenvalue weighted by Crippen LogP contribution is -2.48. The number of rotatable bonds is 4. The van der Waals surface area contributed by atoms with Gasteiger partial charge in [0.2, 0.25) is 5.91 Å². The average Bonchev–Trinajstić information content (AvgIpc) is 3.28. The van der Waals surface area contributed by atoms with Crippen LogP contribution in [0.5, 0.6) is 0 Å². The quantitative estimate of drug-likeness (QED) is 0.638. The standard InChI is InChI=1S/C21H20ClN5O/c22-18-6-2-1-5-17(18)7-10-21(28)27-15-13-26(14-16-27)20-9-8-19(23-24-20)25-11-3-4-12-25/h1-12H,13-16H2/b10-7+. The van der Waals surface area contributed by atoms with Gasteiger partial charge < -0.3 is 14.4 Å². The summed E-state index contributed by atoms with van der Waals surface area (Å²) in [6.07, 6.45) is 7.22. The summed E-state index contributed by atoms with van der Waals surface area (Å²) in [6.45, 7) is 2.74. The normalized spacial score (nSPS) is 14.6. The Morgan fingerprint density at radius 3 is 2.25 bits per heavy atom. The summed E-state index contributed by atoms with van der Waals surface area (Å²) in [6, 6.07) is 15.3. The first-order chi connectivity index (χ1) is 13.7. The van der Waals surface area contributed by atoms with Crippen molar-refractivity contribution in [2.45, 2.75) is 0 Å². The molecular weight excluding hydrogens is 374 g/mol. The molecule has 0 N–H and O–H groups in total. The Kier molecular flexibility index (Phi) is 5.39. The minimum atomic E-state index is -0.00592. The Bertz CT molecular complexity index is 961. The van der Waals surface area contributed by atoms with E-state index < -0.39 is 0 Å². The highest BCUT2D eigenvalue weighted by atomic mass is 35.5. The fraction of sp³-hybridized carbons (Fsp3) is 0.190. The fourth-order valence-corrected chi connectivity index (χ4v) is 3.34. The summed E-state index contributed by atoms with van der Waals surface area (Å²) in [5.41, 5.74) is 0.842. The molecule has 1 aliphatic heterocycles. The molecule has 0 atom stereocenters. The number of carbonyl (C=O) groups excluding carboxylic acids is 1. The SMILES string of the molecule is O=C(/C=C/c1ccccc1Cl)N1CCN(c2ccc(-n3cccc3)nn2)CC1. The van der Waals surface area contributed by atoms with E-state index in [9.17, 15) is 4.79 Å². The van der Waals surface area contributed by atoms with Crippen molar-refractivity contribution in [1.29, 1.82) is 0 Å². The van der Waals surface area contributed by atoms with Gasteiger partial charge in [-0.25, -0.2) is 0 Å². The lowest BCUT2D eigenvalue weighted by atomic mass is 10.2. The number of hydrogen-bond donors (Lipinski definition) is 0. The molecule has 28 heavy (non-hydrogen) atoms. The van der Waals surface area contributed by atoms with Crippen LogP contribution in [0.25, 0.3) is 11.9 Å². The predicted molar refractivity (Wildman–Crippen MR) is 111 cm³/mol. The van der Waals surface area contributed by atoms with Crippen LogP contribution in [0.15, 0.2) is 67.0 Å². The first kappa shape index (κ1) is 18.3. The molecule has 1 amide bonds. The molecule has 0 aliphatic carbocycles. The van der Waals surface area contributed by atoms with Crippen molar-refractivity contribution in [1.82, 2.24) is 19.7 Å². The van der Waals surface area contributed by atoms with Crippen LogP contribution in [-0.2, 0) is 4.79 Å². The summed E-state index contributed by atoms with van der Waals surface area (Å²) in [4.78, 5) is 16.4. The summed E-state index contributed by atoms with van der Waals surface area (Å²) in [5, 5.41) is 9.26. The van der Waals surface area contributed by atoms with Gasteiger partial charge in [-0.15, -0.1) is 10.2 Å². The van der Waals surface area contributed by atoms with E-state index in [2.05, 4.69) is 15.1 Å². The monoisotopic (exact) mass is 393 g/mol. The first-order valence-corrected chi connectivity index (χ1v) is 9.52. The maximum atomic E-state index is 12.4. The molecule has 1 aromatic carbocycles. The average molecular weight is 394 g/mol. The van der Waals surface area contributed by atoms with Crippen LogP contribution in [0.4, 0.5) is 5.82 Å². The van der Waals surface area contributed by atoms with Gasteiger partial charge in [-0.3, -0.25) is 4.79 Å². The molecule has 1 saturated heterocycles. The van der Waals surface area contributed by atoms with E-state index in [0.29, 0.717) is 18.1 Å². The molecule has 0 saturated carbocycles. The zero-order chi connectivity index (χ0) is 19.3. The minimum Gasteiger partial charge on any atom is -0.352 e. The molecule has 6 nitrogen and oxygen atoms in total. The van der Waals surface area contributed by atoms with Gasteiger partial charge in [0, 0.05) is 49.7 Å². The number of carbonyl (C=O) groups is 1. The molecule has 0 radical (unpaired) electrons. The van der Waals surface area contributed by atoms with E-state index in [1.54, 1.807) is 12.2 Å². The van der Waals surface area contributed by atoms with Crippen LogP contribution < -0.4 is 4.90 Å². The van der Waals surface area contributed by atoms with Gasteiger partial charge in [0.25, 0.3) is 0 Å². The molecule has 4 rings (SSSR count). The molecule has 2 aromatic heterocycles. The van der Waals surface area contributed by atoms with Crippen molar-refractivity contribution in [3.63, 3.8) is 0 Å². The zero-order valence-corrected chi connectivity index (χ0v) is 16.0. The second-order valence-electron chi connectivity index (χ2n) is 6.51. The Hall–Kier alpha value is -3.12. The topological polar surface area (TPSA) is 54.3 Å². The van der Waals surface area contributed by atoms with Crippen LogP contribution in [-0.4, -0.2) is 51.8 Å². The second-order valence-corrected chi connectivity index (χ2v) is 6.91. The Morgan fingerprint density at radius 1 is 0.893 bits per heavy atom. The van der Waals surface area contributed by atoms with Crippen molar-refractivity contribution in [2.24, 2.45) is 0 Å². The molecule has 1 aliphatic rings. The molecular formula is C21H20ClN5O. The van der Waals surface area contributed by atoms with Gasteiger partial charge in [-0.05, 0) is 42.0 Å². The Labute approximate surface area is 168 Å². The third-order valence-corrected chi connectivity index (χ3v) is 5.08. The van der Waals surface area contributed by atoms with Crippen molar-refractivity contribution in [3.05, 3.63) is 77.6 Å². The van der Waals surface area contributed by atoms with Gasteiger partial charge in [-0.2, -0.15) is 0 Å². The van der Waals surface area contributed by atoms with Crippen LogP contribution in [0.2, 0.25) is 5.02 Å². The molecule has 3 aromatic rings. The lowest BCUT2D eigenvalue weighted by molar-refractivity contribution is -0.126. The Balaban J connectivity index is 1.34. The number of amides is 1. The van der Waals surface area contributed by atoms with Crippen LogP contribution in [0.1, 0.15) is 5.56 Å². The number of benzene rings is 1. The van der Waals surface area contributed by atoms with E-state index in [1.165, 1.54) is 0 Å². The molecule has 1 fully saturated rings. The van der Waals surface area contributed by atoms with E-state index in [4.69, 9.17) is 11.6 Å². The zero-order valence-electron chi connectivity index (χ0n) is 15.3. The molecule has 0 bridgehead atoms. The van der Waals surface area contributed by atoms with Gasteiger partial charge in [0.05, 0.1) is 0 Å². The molecule has 142 valence electrons. The molecule has 3 heterocycles. The van der Waals surface area contributed by atoms with Crippen LogP contribution in [0, 0.1) is 0 Å². The largest absolute Gasteiger partial charge is 0.352 e. The van der Waals surface area contributed by atoms with E-state index in [-0.39, 0.29) is 5.91 Å². The van der Waals surface area contributed by atoms with Gasteiger partial charge in [0.15, 0.2) is 11.6 Å². The minimum absolute atomic E-state index is 0.00592. The number of aromatic nitrogens is 3. The van der Waals surface area contributed by atoms with Crippen LogP contribution >= 0.6 is 11.6 Å². The van der Waals surface area contributed by atoms with Crippen molar-refractivity contribution >= 4 is 29.4 Å². The lowest BCUT2D eigenvalue weighted by Gasteiger charge is -2.34. The number of halogens is 1. The third kappa shape index (κ3) is 4.07. The van der Waals surface area contributed by atoms with E-state index >= 15 is 0 Å². The molecule has 7 heteroatoms. The van der Waals surface area contributed by atoms with E-state index in [1.807, 2.05) is 70.4 Å². The number of anilines is 1. The van der Waals surface area contributed by atoms with Crippen LogP contribution in [0.3, 0.4) is 0 Å². The second kappa shape index (κ2) is 8.27. The van der Waals surface area contributed by atoms with Crippen molar-refractivity contribution in [2.75, 3.05) is 31.1 Å². The maximum Gasteiger partial charge on any atom is 0.246 e. The number of hydrogen-bond acceptors (Lipinski definition) is 4. The number of nitrogens with zero attached hydrogens (tertiary/aromatic N) is 5. The van der Waals surface area contributed by atoms with Gasteiger partial charge in [-0.1, -0.05) is 29.8 Å². The summed E-state index contributed by atoms with van der Waals surface area (Å²) >= 11 is 6.13. The highest BCUT2D eigenvalue weighted by molar-refractivity contribution is 6.32. The smallest absolute Gasteiger partial charge is 0.246 e. The van der Waals surface area contributed by atoms with Gasteiger partial charge in [0.1, 0.15) is 0 Å². The highest BCUT2D eigenvalue weighted by Gasteiger charge is 2.20. The van der Waals surface area contributed by atoms with Crippen molar-refractivity contribution in [3.8, 4) is 5.82 Å². The summed E-state index contributed by atoms with van der Waals surface area (Å²) < 4.78 is 1.92. The van der Waals surface area contributed by atoms with E-state index in [0.717, 1.165) is 30.3 Å². The summed E-state index contributed by atoms with van der Waals surface area (Å²) in [5.74, 6) is 1.61. The molecule has 0 spiro atoms. The number of piperazine rings is 1. The molecule has 0 unspecified atom stereocenters. The summed E-state index contributed by atoms with van der Waals surface area (Å²) in [7, 11) is 0. The Morgan fingerprint density at radius 2 is 1.57 bits per heavy atom. The predicted octanol–water partition coefficient (Wildman–Crippen LogP) is 3.28. The third-order valence-electron chi connectivity index (χ3n) is 4.73. The maximum absolute atomic E-state index is 12.4. The fourth-order valence-electron chi connectivity index (χ4n) is 3.14. The first-order valence-electron chi connectivity index (χ1n) is 9.14.